The van der Waals surface area contributed by atoms with Gasteiger partial charge in [-0.15, -0.1) is 0 Å². The van der Waals surface area contributed by atoms with Crippen LogP contribution in [0.4, 0.5) is 11.8 Å². The molecule has 0 bridgehead atoms. The minimum atomic E-state index is -1.03. The van der Waals surface area contributed by atoms with E-state index in [1.165, 1.54) is 0 Å². The predicted molar refractivity (Wildman–Crippen MR) is 134 cm³/mol. The SMILES string of the molecule is CCn1cnc2c(NCc3cccnc3-n3ccc(C(C)(C)O)n3)nc(N3CCC(N)CC3)nc21. The second kappa shape index (κ2) is 9.23. The van der Waals surface area contributed by atoms with Crippen molar-refractivity contribution in [1.29, 1.82) is 0 Å². The number of nitrogens with zero attached hydrogens (tertiary/aromatic N) is 8. The third kappa shape index (κ3) is 4.69. The van der Waals surface area contributed by atoms with E-state index in [4.69, 9.17) is 15.7 Å². The molecule has 0 unspecified atom stereocenters. The smallest absolute Gasteiger partial charge is 0.229 e. The molecule has 184 valence electrons. The average molecular weight is 477 g/mol. The van der Waals surface area contributed by atoms with Gasteiger partial charge in [0.2, 0.25) is 5.95 Å². The summed E-state index contributed by atoms with van der Waals surface area (Å²) in [6.45, 7) is 8.41. The quantitative estimate of drug-likeness (QED) is 0.367. The summed E-state index contributed by atoms with van der Waals surface area (Å²) < 4.78 is 3.72. The second-order valence-electron chi connectivity index (χ2n) is 9.44. The molecule has 1 fully saturated rings. The van der Waals surface area contributed by atoms with Gasteiger partial charge in [0.25, 0.3) is 0 Å². The van der Waals surface area contributed by atoms with Crippen molar-refractivity contribution in [1.82, 2.24) is 34.3 Å². The van der Waals surface area contributed by atoms with E-state index in [-0.39, 0.29) is 6.04 Å². The molecule has 0 atom stereocenters. The van der Waals surface area contributed by atoms with Gasteiger partial charge in [0.15, 0.2) is 22.8 Å². The summed E-state index contributed by atoms with van der Waals surface area (Å²) >= 11 is 0. The first kappa shape index (κ1) is 23.2. The van der Waals surface area contributed by atoms with Gasteiger partial charge in [0, 0.05) is 50.2 Å². The van der Waals surface area contributed by atoms with Crippen molar-refractivity contribution >= 4 is 22.9 Å². The first-order valence-electron chi connectivity index (χ1n) is 12.0. The normalized spacial score (nSPS) is 15.2. The van der Waals surface area contributed by atoms with Crippen LogP contribution in [-0.4, -0.2) is 58.5 Å². The predicted octanol–water partition coefficient (Wildman–Crippen LogP) is 2.19. The Morgan fingerprint density at radius 1 is 1.17 bits per heavy atom. The van der Waals surface area contributed by atoms with E-state index < -0.39 is 5.60 Å². The second-order valence-corrected chi connectivity index (χ2v) is 9.44. The van der Waals surface area contributed by atoms with Crippen LogP contribution < -0.4 is 16.0 Å². The van der Waals surface area contributed by atoms with Crippen molar-refractivity contribution in [2.75, 3.05) is 23.3 Å². The van der Waals surface area contributed by atoms with Gasteiger partial charge in [-0.25, -0.2) is 14.6 Å². The van der Waals surface area contributed by atoms with E-state index in [2.05, 4.69) is 32.2 Å². The number of anilines is 2. The van der Waals surface area contributed by atoms with E-state index in [1.807, 2.05) is 22.9 Å². The number of fused-ring (bicyclic) bond motifs is 1. The fourth-order valence-electron chi connectivity index (χ4n) is 4.25. The van der Waals surface area contributed by atoms with Gasteiger partial charge in [-0.2, -0.15) is 15.1 Å². The Balaban J connectivity index is 1.46. The summed E-state index contributed by atoms with van der Waals surface area (Å²) in [6.07, 6.45) is 7.19. The first-order valence-corrected chi connectivity index (χ1v) is 12.0. The van der Waals surface area contributed by atoms with Crippen molar-refractivity contribution in [3.63, 3.8) is 0 Å². The summed E-state index contributed by atoms with van der Waals surface area (Å²) in [7, 11) is 0. The van der Waals surface area contributed by atoms with Crippen molar-refractivity contribution in [3.05, 3.63) is 48.2 Å². The molecule has 5 rings (SSSR count). The highest BCUT2D eigenvalue weighted by Gasteiger charge is 2.22. The molecular formula is C24H32N10O. The van der Waals surface area contributed by atoms with E-state index in [9.17, 15) is 5.11 Å². The molecule has 11 heteroatoms. The molecule has 1 aliphatic rings. The summed E-state index contributed by atoms with van der Waals surface area (Å²) in [5.74, 6) is 2.06. The van der Waals surface area contributed by atoms with Crippen LogP contribution in [0.2, 0.25) is 0 Å². The highest BCUT2D eigenvalue weighted by atomic mass is 16.3. The standard InChI is InChI=1S/C24H32N10O/c1-4-32-15-28-19-20(29-23(30-22(19)32)33-11-7-17(25)8-12-33)27-14-16-6-5-10-26-21(16)34-13-9-18(31-34)24(2,3)35/h5-6,9-10,13,15,17,35H,4,7-8,11-12,14,25H2,1-3H3,(H,27,29,30). The van der Waals surface area contributed by atoms with Crippen LogP contribution in [0.3, 0.4) is 0 Å². The lowest BCUT2D eigenvalue weighted by Gasteiger charge is -2.30. The van der Waals surface area contributed by atoms with Gasteiger partial charge < -0.3 is 25.6 Å². The van der Waals surface area contributed by atoms with Gasteiger partial charge in [-0.1, -0.05) is 6.07 Å². The lowest BCUT2D eigenvalue weighted by molar-refractivity contribution is 0.0734. The van der Waals surface area contributed by atoms with Crippen molar-refractivity contribution in [2.45, 2.75) is 58.3 Å². The molecule has 5 heterocycles. The molecule has 0 aromatic carbocycles. The lowest BCUT2D eigenvalue weighted by atomic mass is 10.1. The number of rotatable bonds is 7. The molecule has 0 aliphatic carbocycles. The number of aromatic nitrogens is 7. The molecule has 1 aliphatic heterocycles. The monoisotopic (exact) mass is 476 g/mol. The van der Waals surface area contributed by atoms with Crippen LogP contribution >= 0.6 is 0 Å². The number of pyridine rings is 1. The van der Waals surface area contributed by atoms with Crippen molar-refractivity contribution < 1.29 is 5.11 Å². The summed E-state index contributed by atoms with van der Waals surface area (Å²) in [5, 5.41) is 18.3. The largest absolute Gasteiger partial charge is 0.384 e. The van der Waals surface area contributed by atoms with Crippen LogP contribution in [0.1, 0.15) is 44.9 Å². The zero-order valence-corrected chi connectivity index (χ0v) is 20.4. The number of imidazole rings is 1. The third-order valence-electron chi connectivity index (χ3n) is 6.36. The van der Waals surface area contributed by atoms with Crippen LogP contribution in [-0.2, 0) is 18.7 Å². The molecule has 1 saturated heterocycles. The van der Waals surface area contributed by atoms with Gasteiger partial charge in [0.05, 0.1) is 12.0 Å². The van der Waals surface area contributed by atoms with Crippen LogP contribution in [0, 0.1) is 0 Å². The van der Waals surface area contributed by atoms with Crippen molar-refractivity contribution in [2.24, 2.45) is 5.73 Å². The molecule has 4 N–H and O–H groups in total. The molecule has 4 aromatic heterocycles. The summed E-state index contributed by atoms with van der Waals surface area (Å²) in [4.78, 5) is 21.0. The van der Waals surface area contributed by atoms with Crippen LogP contribution in [0.15, 0.2) is 36.9 Å². The van der Waals surface area contributed by atoms with E-state index in [0.717, 1.165) is 49.2 Å². The molecule has 11 nitrogen and oxygen atoms in total. The Labute approximate surface area is 204 Å². The molecule has 0 radical (unpaired) electrons. The Morgan fingerprint density at radius 2 is 1.97 bits per heavy atom. The maximum atomic E-state index is 10.3. The third-order valence-corrected chi connectivity index (χ3v) is 6.36. The number of hydrogen-bond acceptors (Lipinski definition) is 9. The molecular weight excluding hydrogens is 444 g/mol. The molecule has 0 spiro atoms. The Bertz CT molecular complexity index is 1310. The highest BCUT2D eigenvalue weighted by Crippen LogP contribution is 2.26. The zero-order chi connectivity index (χ0) is 24.6. The van der Waals surface area contributed by atoms with Crippen LogP contribution in [0.5, 0.6) is 0 Å². The Kier molecular flexibility index (Phi) is 6.12. The molecule has 35 heavy (non-hydrogen) atoms. The number of nitrogens with two attached hydrogens (primary N) is 1. The van der Waals surface area contributed by atoms with Gasteiger partial charge in [0.1, 0.15) is 5.60 Å². The van der Waals surface area contributed by atoms with E-state index >= 15 is 0 Å². The Morgan fingerprint density at radius 3 is 2.69 bits per heavy atom. The fourth-order valence-corrected chi connectivity index (χ4v) is 4.25. The van der Waals surface area contributed by atoms with Gasteiger partial charge in [-0.3, -0.25) is 0 Å². The van der Waals surface area contributed by atoms with Crippen molar-refractivity contribution in [3.8, 4) is 5.82 Å². The molecule has 0 amide bonds. The number of aliphatic hydroxyl groups is 1. The average Bonchev–Trinajstić information content (AvgIpc) is 3.50. The van der Waals surface area contributed by atoms with Crippen LogP contribution in [0.25, 0.3) is 17.0 Å². The summed E-state index contributed by atoms with van der Waals surface area (Å²) in [6, 6.07) is 5.92. The molecule has 4 aromatic rings. The maximum Gasteiger partial charge on any atom is 0.229 e. The number of hydrogen-bond donors (Lipinski definition) is 3. The van der Waals surface area contributed by atoms with E-state index in [0.29, 0.717) is 29.8 Å². The number of piperidine rings is 1. The van der Waals surface area contributed by atoms with Gasteiger partial charge >= 0.3 is 0 Å². The molecule has 0 saturated carbocycles. The number of nitrogens with one attached hydrogen (secondary N) is 1. The topological polar surface area (TPSA) is 136 Å². The fraction of sp³-hybridized carbons (Fsp3) is 0.458. The van der Waals surface area contributed by atoms with Gasteiger partial charge in [-0.05, 0) is 45.7 Å². The first-order chi connectivity index (χ1) is 16.8. The Hall–Kier alpha value is -3.57. The zero-order valence-electron chi connectivity index (χ0n) is 20.4. The van der Waals surface area contributed by atoms with E-state index in [1.54, 1.807) is 37.1 Å². The highest BCUT2D eigenvalue weighted by molar-refractivity contribution is 5.84. The maximum absolute atomic E-state index is 10.3. The number of aryl methyl sites for hydroxylation is 1. The lowest BCUT2D eigenvalue weighted by Crippen LogP contribution is -2.40. The minimum Gasteiger partial charge on any atom is -0.384 e. The summed E-state index contributed by atoms with van der Waals surface area (Å²) in [5.41, 5.74) is 8.13. The minimum absolute atomic E-state index is 0.233.